The molecular weight excluding hydrogens is 296 g/mol. The molecule has 0 saturated heterocycles. The van der Waals surface area contributed by atoms with E-state index in [4.69, 9.17) is 9.84 Å². The van der Waals surface area contributed by atoms with Gasteiger partial charge in [0.1, 0.15) is 11.5 Å². The maximum absolute atomic E-state index is 11.1. The van der Waals surface area contributed by atoms with Crippen LogP contribution >= 0.6 is 0 Å². The Hall–Kier alpha value is -3.08. The van der Waals surface area contributed by atoms with Crippen LogP contribution in [0.25, 0.3) is 5.76 Å². The number of aliphatic carboxylic acids is 1. The molecule has 23 heavy (non-hydrogen) atoms. The Bertz CT molecular complexity index is 762. The first-order valence-corrected chi connectivity index (χ1v) is 6.90. The van der Waals surface area contributed by atoms with Crippen LogP contribution in [0.2, 0.25) is 0 Å². The lowest BCUT2D eigenvalue weighted by atomic mass is 10.0. The smallest absolute Gasteiger partial charge is 0.376 e. The summed E-state index contributed by atoms with van der Waals surface area (Å²) in [4.78, 5) is 21.6. The molecule has 0 bridgehead atoms. The minimum Gasteiger partial charge on any atom is -0.507 e. The van der Waals surface area contributed by atoms with Crippen LogP contribution < -0.4 is 4.74 Å². The van der Waals surface area contributed by atoms with E-state index in [0.717, 1.165) is 16.9 Å². The predicted molar refractivity (Wildman–Crippen MR) is 85.5 cm³/mol. The van der Waals surface area contributed by atoms with Crippen molar-refractivity contribution in [1.29, 1.82) is 0 Å². The summed E-state index contributed by atoms with van der Waals surface area (Å²) in [5.74, 6) is -2.39. The van der Waals surface area contributed by atoms with Gasteiger partial charge in [-0.15, -0.1) is 0 Å². The molecule has 0 unspecified atom stereocenters. The Morgan fingerprint density at radius 2 is 1.70 bits per heavy atom. The molecule has 2 aromatic rings. The molecule has 0 saturated carbocycles. The number of hydrogen-bond donors (Lipinski definition) is 2. The number of benzene rings is 2. The SMILES string of the molecule is COc1cccc(Cc2cccc(C(O)=CC(=O)C(=O)O)c2)c1. The van der Waals surface area contributed by atoms with Crippen molar-refractivity contribution >= 4 is 17.5 Å². The quantitative estimate of drug-likeness (QED) is 0.487. The zero-order chi connectivity index (χ0) is 16.8. The van der Waals surface area contributed by atoms with Crippen LogP contribution in [0.4, 0.5) is 0 Å². The second kappa shape index (κ2) is 7.26. The van der Waals surface area contributed by atoms with Gasteiger partial charge in [-0.1, -0.05) is 30.3 Å². The molecule has 5 heteroatoms. The summed E-state index contributed by atoms with van der Waals surface area (Å²) in [7, 11) is 1.60. The van der Waals surface area contributed by atoms with Crippen LogP contribution in [-0.2, 0) is 16.0 Å². The number of carboxylic acid groups (broad SMARTS) is 1. The molecule has 0 radical (unpaired) electrons. The largest absolute Gasteiger partial charge is 0.507 e. The molecule has 0 aliphatic heterocycles. The topological polar surface area (TPSA) is 83.8 Å². The van der Waals surface area contributed by atoms with E-state index in [2.05, 4.69) is 0 Å². The molecule has 2 aromatic carbocycles. The van der Waals surface area contributed by atoms with E-state index in [-0.39, 0.29) is 5.76 Å². The van der Waals surface area contributed by atoms with Gasteiger partial charge in [-0.2, -0.15) is 0 Å². The van der Waals surface area contributed by atoms with E-state index < -0.39 is 11.8 Å². The number of carbonyl (C=O) groups is 2. The molecule has 0 heterocycles. The Morgan fingerprint density at radius 3 is 2.35 bits per heavy atom. The fourth-order valence-corrected chi connectivity index (χ4v) is 2.13. The van der Waals surface area contributed by atoms with E-state index in [1.165, 1.54) is 0 Å². The van der Waals surface area contributed by atoms with Gasteiger partial charge in [0.2, 0.25) is 0 Å². The maximum atomic E-state index is 11.1. The molecule has 0 aromatic heterocycles. The molecule has 2 N–H and O–H groups in total. The Kier molecular flexibility index (Phi) is 5.15. The maximum Gasteiger partial charge on any atom is 0.376 e. The molecule has 0 atom stereocenters. The molecule has 0 fully saturated rings. The minimum atomic E-state index is -1.61. The standard InChI is InChI=1S/C18H16O5/c1-23-15-7-3-5-13(10-15)8-12-4-2-6-14(9-12)16(19)11-17(20)18(21)22/h2-7,9-11,19H,8H2,1H3,(H,21,22). The van der Waals surface area contributed by atoms with Gasteiger partial charge >= 0.3 is 5.97 Å². The van der Waals surface area contributed by atoms with Gasteiger partial charge in [0.05, 0.1) is 7.11 Å². The lowest BCUT2D eigenvalue weighted by molar-refractivity contribution is -0.146. The number of carboxylic acids is 1. The van der Waals surface area contributed by atoms with Crippen molar-refractivity contribution in [3.05, 3.63) is 71.3 Å². The summed E-state index contributed by atoms with van der Waals surface area (Å²) >= 11 is 0. The summed E-state index contributed by atoms with van der Waals surface area (Å²) in [6, 6.07) is 14.5. The van der Waals surface area contributed by atoms with Crippen LogP contribution in [0.5, 0.6) is 5.75 Å². The summed E-state index contributed by atoms with van der Waals surface area (Å²) < 4.78 is 5.18. The zero-order valence-electron chi connectivity index (χ0n) is 12.5. The fourth-order valence-electron chi connectivity index (χ4n) is 2.13. The van der Waals surface area contributed by atoms with Crippen molar-refractivity contribution in [2.24, 2.45) is 0 Å². The third kappa shape index (κ3) is 4.44. The van der Waals surface area contributed by atoms with E-state index >= 15 is 0 Å². The monoisotopic (exact) mass is 312 g/mol. The van der Waals surface area contributed by atoms with Gasteiger partial charge in [0, 0.05) is 11.6 Å². The van der Waals surface area contributed by atoms with Crippen molar-refractivity contribution < 1.29 is 24.5 Å². The second-order valence-electron chi connectivity index (χ2n) is 4.93. The van der Waals surface area contributed by atoms with Crippen LogP contribution in [0.3, 0.4) is 0 Å². The number of aliphatic hydroxyl groups is 1. The van der Waals surface area contributed by atoms with Crippen LogP contribution in [0.15, 0.2) is 54.6 Å². The highest BCUT2D eigenvalue weighted by Crippen LogP contribution is 2.19. The normalized spacial score (nSPS) is 11.1. The molecule has 118 valence electrons. The predicted octanol–water partition coefficient (Wildman–Crippen LogP) is 2.84. The Balaban J connectivity index is 2.22. The number of hydrogen-bond acceptors (Lipinski definition) is 4. The third-order valence-corrected chi connectivity index (χ3v) is 3.24. The molecule has 0 spiro atoms. The van der Waals surface area contributed by atoms with E-state index in [9.17, 15) is 14.7 Å². The Labute approximate surface area is 133 Å². The molecule has 0 amide bonds. The number of ether oxygens (including phenoxy) is 1. The number of rotatable bonds is 6. The minimum absolute atomic E-state index is 0.370. The van der Waals surface area contributed by atoms with Crippen molar-refractivity contribution in [2.45, 2.75) is 6.42 Å². The summed E-state index contributed by atoms with van der Waals surface area (Å²) in [6.07, 6.45) is 1.32. The summed E-state index contributed by atoms with van der Waals surface area (Å²) in [6.45, 7) is 0. The highest BCUT2D eigenvalue weighted by Gasteiger charge is 2.11. The fraction of sp³-hybridized carbons (Fsp3) is 0.111. The molecule has 0 aliphatic rings. The number of methoxy groups -OCH3 is 1. The van der Waals surface area contributed by atoms with Crippen LogP contribution in [0.1, 0.15) is 16.7 Å². The van der Waals surface area contributed by atoms with E-state index in [1.807, 2.05) is 30.3 Å². The van der Waals surface area contributed by atoms with Crippen molar-refractivity contribution in [1.82, 2.24) is 0 Å². The molecule has 2 rings (SSSR count). The molecule has 0 aliphatic carbocycles. The highest BCUT2D eigenvalue weighted by atomic mass is 16.5. The zero-order valence-corrected chi connectivity index (χ0v) is 12.5. The van der Waals surface area contributed by atoms with Gasteiger partial charge in [-0.25, -0.2) is 4.79 Å². The average molecular weight is 312 g/mol. The number of carbonyl (C=O) groups excluding carboxylic acids is 1. The van der Waals surface area contributed by atoms with Crippen molar-refractivity contribution in [3.63, 3.8) is 0 Å². The van der Waals surface area contributed by atoms with E-state index in [1.54, 1.807) is 25.3 Å². The lowest BCUT2D eigenvalue weighted by Crippen LogP contribution is -2.09. The van der Waals surface area contributed by atoms with Gasteiger partial charge in [-0.05, 0) is 35.7 Å². The Morgan fingerprint density at radius 1 is 1.04 bits per heavy atom. The first-order valence-electron chi connectivity index (χ1n) is 6.90. The summed E-state index contributed by atoms with van der Waals surface area (Å²) in [5, 5.41) is 18.4. The lowest BCUT2D eigenvalue weighted by Gasteiger charge is -2.07. The van der Waals surface area contributed by atoms with Gasteiger partial charge in [0.15, 0.2) is 0 Å². The molecule has 5 nitrogen and oxygen atoms in total. The molecular formula is C18H16O5. The van der Waals surface area contributed by atoms with Crippen molar-refractivity contribution in [3.8, 4) is 5.75 Å². The third-order valence-electron chi connectivity index (χ3n) is 3.24. The first-order chi connectivity index (χ1) is 11.0. The number of ketones is 1. The number of aliphatic hydroxyl groups excluding tert-OH is 1. The van der Waals surface area contributed by atoms with Gasteiger partial charge in [-0.3, -0.25) is 4.79 Å². The van der Waals surface area contributed by atoms with Gasteiger partial charge in [0.25, 0.3) is 5.78 Å². The van der Waals surface area contributed by atoms with Crippen molar-refractivity contribution in [2.75, 3.05) is 7.11 Å². The average Bonchev–Trinajstić information content (AvgIpc) is 2.55. The van der Waals surface area contributed by atoms with Gasteiger partial charge < -0.3 is 14.9 Å². The van der Waals surface area contributed by atoms with Crippen LogP contribution in [0, 0.1) is 0 Å². The van der Waals surface area contributed by atoms with Crippen LogP contribution in [-0.4, -0.2) is 29.1 Å². The summed E-state index contributed by atoms with van der Waals surface area (Å²) in [5.41, 5.74) is 2.34. The first kappa shape index (κ1) is 16.3. The highest BCUT2D eigenvalue weighted by molar-refractivity contribution is 6.38. The second-order valence-corrected chi connectivity index (χ2v) is 4.93. The van der Waals surface area contributed by atoms with E-state index in [0.29, 0.717) is 18.1 Å².